The molecule has 0 amide bonds. The van der Waals surface area contributed by atoms with E-state index in [4.69, 9.17) is 9.97 Å². The van der Waals surface area contributed by atoms with Crippen LogP contribution in [-0.4, -0.2) is 19.1 Å². The van der Waals surface area contributed by atoms with Gasteiger partial charge in [-0.1, -0.05) is 91.0 Å². The summed E-state index contributed by atoms with van der Waals surface area (Å²) in [6.07, 6.45) is 1.68. The average Bonchev–Trinajstić information content (AvgIpc) is 3.37. The fraction of sp³-hybridized carbons (Fsp3) is 0. The number of aromatic nitrogens is 4. The molecule has 5 heteroatoms. The topological polar surface area (TPSA) is 52.7 Å². The van der Waals surface area contributed by atoms with Gasteiger partial charge in [0.2, 0.25) is 5.95 Å². The van der Waals surface area contributed by atoms with E-state index in [2.05, 4.69) is 71.3 Å². The largest absolute Gasteiger partial charge is 0.278 e. The Hall–Kier alpha value is -5.81. The Balaban J connectivity index is 1.38. The third-order valence-electron chi connectivity index (χ3n) is 8.36. The van der Waals surface area contributed by atoms with E-state index in [0.717, 1.165) is 43.8 Å². The zero-order valence-corrected chi connectivity index (χ0v) is 22.4. The van der Waals surface area contributed by atoms with Gasteiger partial charge >= 0.3 is 0 Å². The monoisotopic (exact) mass is 538 g/mol. The quantitative estimate of drug-likeness (QED) is 0.208. The number of fused-ring (bicyclic) bond motifs is 9. The van der Waals surface area contributed by atoms with Crippen molar-refractivity contribution in [1.82, 2.24) is 19.1 Å². The molecule has 9 rings (SSSR count). The molecule has 0 saturated carbocycles. The number of pyridine rings is 1. The van der Waals surface area contributed by atoms with Gasteiger partial charge in [0.15, 0.2) is 0 Å². The molecule has 3 heterocycles. The van der Waals surface area contributed by atoms with Gasteiger partial charge < -0.3 is 0 Å². The highest BCUT2D eigenvalue weighted by atomic mass is 16.1. The zero-order valence-electron chi connectivity index (χ0n) is 22.4. The second kappa shape index (κ2) is 8.59. The minimum absolute atomic E-state index is 0.137. The lowest BCUT2D eigenvalue weighted by Crippen LogP contribution is -2.20. The number of hydrogen-bond donors (Lipinski definition) is 0. The van der Waals surface area contributed by atoms with Crippen LogP contribution < -0.4 is 5.56 Å². The molecule has 0 aliphatic rings. The third-order valence-corrected chi connectivity index (χ3v) is 8.36. The van der Waals surface area contributed by atoms with Crippen molar-refractivity contribution < 1.29 is 0 Å². The molecule has 3 aromatic heterocycles. The highest BCUT2D eigenvalue weighted by Gasteiger charge is 2.19. The first-order chi connectivity index (χ1) is 20.8. The summed E-state index contributed by atoms with van der Waals surface area (Å²) in [5.41, 5.74) is 4.18. The first kappa shape index (κ1) is 22.9. The van der Waals surface area contributed by atoms with Gasteiger partial charge in [0, 0.05) is 28.0 Å². The normalized spacial score (nSPS) is 11.9. The molecule has 6 aromatic carbocycles. The smallest absolute Gasteiger partial charge is 0.266 e. The minimum atomic E-state index is -0.137. The van der Waals surface area contributed by atoms with Gasteiger partial charge in [0.1, 0.15) is 0 Å². The van der Waals surface area contributed by atoms with E-state index in [-0.39, 0.29) is 5.56 Å². The predicted molar refractivity (Wildman–Crippen MR) is 172 cm³/mol. The number of hydrogen-bond acceptors (Lipinski definition) is 3. The Morgan fingerprint density at radius 2 is 1.14 bits per heavy atom. The van der Waals surface area contributed by atoms with Crippen LogP contribution in [0.25, 0.3) is 76.8 Å². The van der Waals surface area contributed by atoms with Gasteiger partial charge in [-0.05, 0) is 57.9 Å². The van der Waals surface area contributed by atoms with Crippen LogP contribution in [0.4, 0.5) is 0 Å². The molecular formula is C37H22N4O. The van der Waals surface area contributed by atoms with Gasteiger partial charge in [-0.2, -0.15) is 0 Å². The van der Waals surface area contributed by atoms with Gasteiger partial charge in [0.05, 0.1) is 27.5 Å². The summed E-state index contributed by atoms with van der Waals surface area (Å²) >= 11 is 0. The van der Waals surface area contributed by atoms with Crippen LogP contribution in [0.1, 0.15) is 0 Å². The first-order valence-electron chi connectivity index (χ1n) is 14.0. The molecule has 0 fully saturated rings. The van der Waals surface area contributed by atoms with Crippen molar-refractivity contribution in [3.05, 3.63) is 144 Å². The molecule has 0 aliphatic heterocycles. The Morgan fingerprint density at radius 3 is 1.98 bits per heavy atom. The Bertz CT molecular complexity index is 2600. The van der Waals surface area contributed by atoms with Crippen molar-refractivity contribution >= 4 is 65.2 Å². The first-order valence-corrected chi connectivity index (χ1v) is 14.0. The van der Waals surface area contributed by atoms with Crippen LogP contribution in [0.5, 0.6) is 0 Å². The number of benzene rings is 6. The van der Waals surface area contributed by atoms with Crippen LogP contribution in [0.3, 0.4) is 0 Å². The van der Waals surface area contributed by atoms with Crippen LogP contribution in [-0.2, 0) is 0 Å². The van der Waals surface area contributed by atoms with Gasteiger partial charge in [-0.3, -0.25) is 13.9 Å². The molecule has 0 radical (unpaired) electrons. The second-order valence-corrected chi connectivity index (χ2v) is 10.7. The van der Waals surface area contributed by atoms with E-state index < -0.39 is 0 Å². The molecule has 0 spiro atoms. The summed E-state index contributed by atoms with van der Waals surface area (Å²) in [5, 5.41) is 8.49. The second-order valence-electron chi connectivity index (χ2n) is 10.7. The van der Waals surface area contributed by atoms with E-state index in [1.807, 2.05) is 60.7 Å². The fourth-order valence-corrected chi connectivity index (χ4v) is 6.46. The minimum Gasteiger partial charge on any atom is -0.278 e. The Labute approximate surface area is 239 Å². The molecule has 5 nitrogen and oxygen atoms in total. The number of para-hydroxylation sites is 3. The molecule has 0 unspecified atom stereocenters. The molecule has 0 bridgehead atoms. The van der Waals surface area contributed by atoms with Crippen LogP contribution >= 0.6 is 0 Å². The number of rotatable bonds is 2. The summed E-state index contributed by atoms with van der Waals surface area (Å²) < 4.78 is 3.87. The van der Waals surface area contributed by atoms with E-state index >= 15 is 0 Å². The third kappa shape index (κ3) is 3.16. The maximum Gasteiger partial charge on any atom is 0.266 e. The summed E-state index contributed by atoms with van der Waals surface area (Å²) in [7, 11) is 0. The van der Waals surface area contributed by atoms with E-state index in [1.165, 1.54) is 16.2 Å². The molecule has 0 saturated heterocycles. The Morgan fingerprint density at radius 1 is 0.476 bits per heavy atom. The van der Waals surface area contributed by atoms with E-state index in [0.29, 0.717) is 16.9 Å². The van der Waals surface area contributed by atoms with Crippen molar-refractivity contribution in [1.29, 1.82) is 0 Å². The van der Waals surface area contributed by atoms with Gasteiger partial charge in [0.25, 0.3) is 5.56 Å². The predicted octanol–water partition coefficient (Wildman–Crippen LogP) is 8.34. The lowest BCUT2D eigenvalue weighted by atomic mass is 10.00. The maximum absolute atomic E-state index is 13.9. The molecule has 42 heavy (non-hydrogen) atoms. The highest BCUT2D eigenvalue weighted by molar-refractivity contribution is 6.18. The molecular weight excluding hydrogens is 516 g/mol. The maximum atomic E-state index is 13.9. The van der Waals surface area contributed by atoms with Crippen LogP contribution in [0.15, 0.2) is 138 Å². The van der Waals surface area contributed by atoms with E-state index in [9.17, 15) is 4.79 Å². The van der Waals surface area contributed by atoms with Gasteiger partial charge in [-0.15, -0.1) is 0 Å². The number of nitrogens with zero attached hydrogens (tertiary/aromatic N) is 4. The molecule has 9 aromatic rings. The van der Waals surface area contributed by atoms with Crippen molar-refractivity contribution in [2.45, 2.75) is 0 Å². The SMILES string of the molecule is O=c1c2cnc(-n3c4ccccc4c4cc5c(ccc6ccccc65)cc43)nc2c2ccccc2n1-c1ccccc1. The highest BCUT2D eigenvalue weighted by Crippen LogP contribution is 2.36. The fourth-order valence-electron chi connectivity index (χ4n) is 6.46. The van der Waals surface area contributed by atoms with Crippen molar-refractivity contribution in [2.75, 3.05) is 0 Å². The summed E-state index contributed by atoms with van der Waals surface area (Å²) in [4.78, 5) is 23.8. The lowest BCUT2D eigenvalue weighted by molar-refractivity contribution is 1.00. The van der Waals surface area contributed by atoms with Crippen LogP contribution in [0.2, 0.25) is 0 Å². The molecule has 0 atom stereocenters. The summed E-state index contributed by atoms with van der Waals surface area (Å²) in [6.45, 7) is 0. The molecule has 0 aliphatic carbocycles. The molecule has 196 valence electrons. The van der Waals surface area contributed by atoms with Crippen molar-refractivity contribution in [2.24, 2.45) is 0 Å². The van der Waals surface area contributed by atoms with Crippen molar-refractivity contribution in [3.8, 4) is 11.6 Å². The van der Waals surface area contributed by atoms with Gasteiger partial charge in [-0.25, -0.2) is 9.97 Å². The Kier molecular flexibility index (Phi) is 4.70. The average molecular weight is 539 g/mol. The standard InChI is InChI=1S/C37H22N4O/c42-36-31-22-38-37(39-35(31)28-15-7-9-17-33(28)40(36)25-11-2-1-3-12-25)41-32-16-8-6-14-27(32)30-21-29-24(20-34(30)41)19-18-23-10-4-5-13-26(23)29/h1-22H. The van der Waals surface area contributed by atoms with Crippen molar-refractivity contribution in [3.63, 3.8) is 0 Å². The zero-order chi connectivity index (χ0) is 27.8. The van der Waals surface area contributed by atoms with E-state index in [1.54, 1.807) is 10.8 Å². The lowest BCUT2D eigenvalue weighted by Gasteiger charge is -2.14. The molecule has 0 N–H and O–H groups in total. The summed E-state index contributed by atoms with van der Waals surface area (Å²) in [5.74, 6) is 0.538. The summed E-state index contributed by atoms with van der Waals surface area (Å²) in [6, 6.07) is 43.4. The van der Waals surface area contributed by atoms with Crippen LogP contribution in [0, 0.1) is 0 Å².